The second kappa shape index (κ2) is 5.43. The first-order valence-electron chi connectivity index (χ1n) is 7.19. The lowest BCUT2D eigenvalue weighted by Crippen LogP contribution is -2.10. The third-order valence-electron chi connectivity index (χ3n) is 3.56. The number of aromatic nitrogens is 2. The fraction of sp³-hybridized carbons (Fsp3) is 0.471. The van der Waals surface area contributed by atoms with Gasteiger partial charge in [-0.1, -0.05) is 32.9 Å². The lowest BCUT2D eigenvalue weighted by Gasteiger charge is -2.17. The van der Waals surface area contributed by atoms with Crippen LogP contribution in [0.4, 0.5) is 5.82 Å². The first-order chi connectivity index (χ1) is 9.73. The predicted molar refractivity (Wildman–Crippen MR) is 87.5 cm³/mol. The highest BCUT2D eigenvalue weighted by atomic mass is 16.5. The molecule has 0 amide bonds. The van der Waals surface area contributed by atoms with Gasteiger partial charge in [-0.2, -0.15) is 5.10 Å². The fourth-order valence-electron chi connectivity index (χ4n) is 2.51. The van der Waals surface area contributed by atoms with Crippen LogP contribution in [-0.2, 0) is 13.5 Å². The molecule has 2 aromatic rings. The predicted octanol–water partition coefficient (Wildman–Crippen LogP) is 3.57. The highest BCUT2D eigenvalue weighted by Gasteiger charge is 2.21. The van der Waals surface area contributed by atoms with Gasteiger partial charge in [0.05, 0.1) is 12.8 Å². The largest absolute Gasteiger partial charge is 0.496 e. The number of ether oxygens (including phenoxy) is 1. The summed E-state index contributed by atoms with van der Waals surface area (Å²) in [5, 5.41) is 4.60. The van der Waals surface area contributed by atoms with Gasteiger partial charge in [0.15, 0.2) is 0 Å². The van der Waals surface area contributed by atoms with Crippen molar-refractivity contribution in [3.8, 4) is 16.9 Å². The minimum Gasteiger partial charge on any atom is -0.496 e. The van der Waals surface area contributed by atoms with Crippen LogP contribution >= 0.6 is 0 Å². The van der Waals surface area contributed by atoms with Crippen molar-refractivity contribution in [3.05, 3.63) is 29.5 Å². The van der Waals surface area contributed by atoms with Crippen LogP contribution in [-0.4, -0.2) is 16.9 Å². The number of nitrogens with zero attached hydrogens (tertiary/aromatic N) is 2. The van der Waals surface area contributed by atoms with Crippen LogP contribution in [0.3, 0.4) is 0 Å². The Labute approximate surface area is 126 Å². The summed E-state index contributed by atoms with van der Waals surface area (Å²) < 4.78 is 7.18. The second-order valence-corrected chi connectivity index (χ2v) is 6.75. The zero-order valence-electron chi connectivity index (χ0n) is 13.8. The maximum absolute atomic E-state index is 6.24. The molecule has 114 valence electrons. The molecular weight excluding hydrogens is 262 g/mol. The molecule has 2 N–H and O–H groups in total. The third-order valence-corrected chi connectivity index (χ3v) is 3.56. The standard InChI is InChI=1S/C17H25N3O/c1-11-7-8-12(9-14(11)21-6)15-13(10-17(2,3)4)19-20(5)16(15)18/h7-9H,10,18H2,1-6H3. The van der Waals surface area contributed by atoms with Gasteiger partial charge in [0.25, 0.3) is 0 Å². The summed E-state index contributed by atoms with van der Waals surface area (Å²) in [7, 11) is 3.57. The van der Waals surface area contributed by atoms with Gasteiger partial charge in [-0.15, -0.1) is 0 Å². The van der Waals surface area contributed by atoms with Gasteiger partial charge in [0.1, 0.15) is 11.6 Å². The molecule has 0 radical (unpaired) electrons. The number of nitrogen functional groups attached to an aromatic ring is 1. The molecule has 4 nitrogen and oxygen atoms in total. The molecule has 2 rings (SSSR count). The molecule has 0 aliphatic heterocycles. The molecule has 0 saturated carbocycles. The number of hydrogen-bond donors (Lipinski definition) is 1. The Kier molecular flexibility index (Phi) is 3.99. The van der Waals surface area contributed by atoms with Crippen LogP contribution in [0.2, 0.25) is 0 Å². The Morgan fingerprint density at radius 3 is 2.52 bits per heavy atom. The minimum atomic E-state index is 0.157. The van der Waals surface area contributed by atoms with E-state index in [1.807, 2.05) is 20.0 Å². The van der Waals surface area contributed by atoms with Crippen molar-refractivity contribution in [2.24, 2.45) is 12.5 Å². The van der Waals surface area contributed by atoms with E-state index in [1.165, 1.54) is 0 Å². The van der Waals surface area contributed by atoms with E-state index in [9.17, 15) is 0 Å². The Morgan fingerprint density at radius 1 is 1.29 bits per heavy atom. The quantitative estimate of drug-likeness (QED) is 0.939. The molecule has 1 heterocycles. The van der Waals surface area contributed by atoms with Crippen molar-refractivity contribution in [3.63, 3.8) is 0 Å². The van der Waals surface area contributed by atoms with E-state index in [1.54, 1.807) is 11.8 Å². The maximum atomic E-state index is 6.24. The molecule has 0 aliphatic carbocycles. The monoisotopic (exact) mass is 287 g/mol. The van der Waals surface area contributed by atoms with Crippen LogP contribution < -0.4 is 10.5 Å². The topological polar surface area (TPSA) is 53.1 Å². The molecular formula is C17H25N3O. The zero-order valence-corrected chi connectivity index (χ0v) is 13.8. The van der Waals surface area contributed by atoms with Crippen molar-refractivity contribution < 1.29 is 4.74 Å². The Morgan fingerprint density at radius 2 is 1.95 bits per heavy atom. The summed E-state index contributed by atoms with van der Waals surface area (Å²) in [6.07, 6.45) is 0.879. The van der Waals surface area contributed by atoms with Gasteiger partial charge in [0.2, 0.25) is 0 Å². The number of anilines is 1. The van der Waals surface area contributed by atoms with Crippen LogP contribution in [0.15, 0.2) is 18.2 Å². The smallest absolute Gasteiger partial charge is 0.129 e. The van der Waals surface area contributed by atoms with Gasteiger partial charge in [-0.3, -0.25) is 4.68 Å². The van der Waals surface area contributed by atoms with Gasteiger partial charge in [-0.25, -0.2) is 0 Å². The summed E-state index contributed by atoms with van der Waals surface area (Å²) in [5.74, 6) is 1.57. The number of rotatable bonds is 3. The van der Waals surface area contributed by atoms with Crippen LogP contribution in [0, 0.1) is 12.3 Å². The molecule has 0 fully saturated rings. The lowest BCUT2D eigenvalue weighted by atomic mass is 9.88. The summed E-state index contributed by atoms with van der Waals surface area (Å²) >= 11 is 0. The molecule has 0 spiro atoms. The SMILES string of the molecule is COc1cc(-c2c(CC(C)(C)C)nn(C)c2N)ccc1C. The van der Waals surface area contributed by atoms with Crippen molar-refractivity contribution in [1.82, 2.24) is 9.78 Å². The van der Waals surface area contributed by atoms with E-state index in [4.69, 9.17) is 10.5 Å². The van der Waals surface area contributed by atoms with Crippen molar-refractivity contribution in [1.29, 1.82) is 0 Å². The minimum absolute atomic E-state index is 0.157. The van der Waals surface area contributed by atoms with E-state index < -0.39 is 0 Å². The summed E-state index contributed by atoms with van der Waals surface area (Å²) in [6, 6.07) is 6.17. The van der Waals surface area contributed by atoms with E-state index in [0.29, 0.717) is 5.82 Å². The maximum Gasteiger partial charge on any atom is 0.129 e. The van der Waals surface area contributed by atoms with E-state index >= 15 is 0 Å². The Bertz CT molecular complexity index is 651. The van der Waals surface area contributed by atoms with E-state index in [-0.39, 0.29) is 5.41 Å². The fourth-order valence-corrected chi connectivity index (χ4v) is 2.51. The van der Waals surface area contributed by atoms with E-state index in [0.717, 1.165) is 34.6 Å². The summed E-state index contributed by atoms with van der Waals surface area (Å²) in [5.41, 5.74) is 10.6. The van der Waals surface area contributed by atoms with Crippen molar-refractivity contribution in [2.75, 3.05) is 12.8 Å². The van der Waals surface area contributed by atoms with Crippen LogP contribution in [0.1, 0.15) is 32.0 Å². The molecule has 0 saturated heterocycles. The molecule has 21 heavy (non-hydrogen) atoms. The average Bonchev–Trinajstić information content (AvgIpc) is 2.64. The molecule has 1 aromatic heterocycles. The normalized spacial score (nSPS) is 11.7. The number of aryl methyl sites for hydroxylation is 2. The molecule has 0 bridgehead atoms. The first kappa shape index (κ1) is 15.4. The lowest BCUT2D eigenvalue weighted by molar-refractivity contribution is 0.405. The molecule has 4 heteroatoms. The Balaban J connectivity index is 2.57. The molecule has 0 unspecified atom stereocenters. The van der Waals surface area contributed by atoms with Gasteiger partial charge < -0.3 is 10.5 Å². The highest BCUT2D eigenvalue weighted by molar-refractivity contribution is 5.78. The van der Waals surface area contributed by atoms with Crippen molar-refractivity contribution >= 4 is 5.82 Å². The highest BCUT2D eigenvalue weighted by Crippen LogP contribution is 2.35. The van der Waals surface area contributed by atoms with Gasteiger partial charge >= 0.3 is 0 Å². The second-order valence-electron chi connectivity index (χ2n) is 6.75. The first-order valence-corrected chi connectivity index (χ1v) is 7.19. The van der Waals surface area contributed by atoms with Crippen LogP contribution in [0.5, 0.6) is 5.75 Å². The molecule has 1 aromatic carbocycles. The van der Waals surface area contributed by atoms with E-state index in [2.05, 4.69) is 38.0 Å². The van der Waals surface area contributed by atoms with Crippen molar-refractivity contribution in [2.45, 2.75) is 34.1 Å². The zero-order chi connectivity index (χ0) is 15.8. The Hall–Kier alpha value is -1.97. The average molecular weight is 287 g/mol. The molecule has 0 atom stereocenters. The molecule has 0 aliphatic rings. The summed E-state index contributed by atoms with van der Waals surface area (Å²) in [6.45, 7) is 8.65. The number of benzene rings is 1. The van der Waals surface area contributed by atoms with Gasteiger partial charge in [0, 0.05) is 12.6 Å². The summed E-state index contributed by atoms with van der Waals surface area (Å²) in [4.78, 5) is 0. The third kappa shape index (κ3) is 3.20. The van der Waals surface area contributed by atoms with Crippen LogP contribution in [0.25, 0.3) is 11.1 Å². The number of hydrogen-bond acceptors (Lipinski definition) is 3. The van der Waals surface area contributed by atoms with Gasteiger partial charge in [-0.05, 0) is 36.0 Å². The number of nitrogens with two attached hydrogens (primary N) is 1. The number of methoxy groups -OCH3 is 1.